The maximum Gasteiger partial charge on any atom is 0.227 e. The minimum absolute atomic E-state index is 0.0716. The highest BCUT2D eigenvalue weighted by atomic mass is 16.3. The van der Waals surface area contributed by atoms with Gasteiger partial charge < -0.3 is 4.42 Å². The minimum atomic E-state index is 0.0716. The van der Waals surface area contributed by atoms with Crippen molar-refractivity contribution in [1.82, 2.24) is 9.97 Å². The Bertz CT molecular complexity index is 1100. The lowest BCUT2D eigenvalue weighted by Gasteiger charge is -2.22. The summed E-state index contributed by atoms with van der Waals surface area (Å²) in [5, 5.41) is 2.13. The highest BCUT2D eigenvalue weighted by molar-refractivity contribution is 6.08. The first kappa shape index (κ1) is 15.8. The normalized spacial score (nSPS) is 12.2. The van der Waals surface area contributed by atoms with E-state index in [1.165, 1.54) is 11.1 Å². The third-order valence-corrected chi connectivity index (χ3v) is 4.69. The molecule has 0 aliphatic carbocycles. The van der Waals surface area contributed by atoms with Gasteiger partial charge in [-0.05, 0) is 54.7 Å². The predicted octanol–water partition coefficient (Wildman–Crippen LogP) is 5.96. The van der Waals surface area contributed by atoms with Crippen molar-refractivity contribution in [3.63, 3.8) is 0 Å². The third-order valence-electron chi connectivity index (χ3n) is 4.69. The molecule has 0 amide bonds. The van der Waals surface area contributed by atoms with Gasteiger partial charge in [-0.2, -0.15) is 0 Å². The van der Waals surface area contributed by atoms with E-state index in [4.69, 9.17) is 4.42 Å². The minimum Gasteiger partial charge on any atom is -0.437 e. The van der Waals surface area contributed by atoms with Crippen molar-refractivity contribution in [2.75, 3.05) is 0 Å². The molecule has 3 nitrogen and oxygen atoms in total. The number of nitrogens with zero attached hydrogens (tertiary/aromatic N) is 2. The van der Waals surface area contributed by atoms with Crippen LogP contribution in [0.2, 0.25) is 0 Å². The summed E-state index contributed by atoms with van der Waals surface area (Å²) in [7, 11) is 0. The van der Waals surface area contributed by atoms with Crippen LogP contribution in [0.4, 0.5) is 0 Å². The molecule has 0 aliphatic rings. The van der Waals surface area contributed by atoms with Gasteiger partial charge in [0.1, 0.15) is 5.58 Å². The number of furan rings is 1. The van der Waals surface area contributed by atoms with Crippen LogP contribution in [0.25, 0.3) is 33.3 Å². The number of pyridine rings is 2. The number of para-hydroxylation sites is 1. The molecule has 0 radical (unpaired) electrons. The van der Waals surface area contributed by atoms with Gasteiger partial charge in [-0.15, -0.1) is 0 Å². The molecular weight excluding hydrogens is 308 g/mol. The molecule has 25 heavy (non-hydrogen) atoms. The van der Waals surface area contributed by atoms with Crippen molar-refractivity contribution in [2.24, 2.45) is 0 Å². The average molecular weight is 330 g/mol. The van der Waals surface area contributed by atoms with Gasteiger partial charge in [0.2, 0.25) is 5.71 Å². The highest BCUT2D eigenvalue weighted by Gasteiger charge is 2.19. The fourth-order valence-corrected chi connectivity index (χ4v) is 3.45. The zero-order valence-corrected chi connectivity index (χ0v) is 15.3. The summed E-state index contributed by atoms with van der Waals surface area (Å²) >= 11 is 0. The zero-order chi connectivity index (χ0) is 17.8. The first-order valence-corrected chi connectivity index (χ1v) is 8.61. The smallest absolute Gasteiger partial charge is 0.227 e. The monoisotopic (exact) mass is 330 g/mol. The van der Waals surface area contributed by atoms with Gasteiger partial charge >= 0.3 is 0 Å². The molecule has 1 aromatic carbocycles. The Morgan fingerprint density at radius 1 is 0.960 bits per heavy atom. The summed E-state index contributed by atoms with van der Waals surface area (Å²) in [5.74, 6) is 0. The summed E-state index contributed by atoms with van der Waals surface area (Å²) in [4.78, 5) is 9.21. The first-order valence-electron chi connectivity index (χ1n) is 8.61. The van der Waals surface area contributed by atoms with Crippen LogP contribution in [0.15, 0.2) is 47.0 Å². The SMILES string of the molecule is Cc1ccc2c(n1)oc1c(-c3cc(C(C)(C)C)c(C)cn3)cccc12. The standard InChI is InChI=1S/C22H22N2O/c1-13-12-23-19(11-18(13)22(3,4)5)17-8-6-7-15-16-10-9-14(2)24-21(16)25-20(15)17/h6-12H,1-5H3. The van der Waals surface area contributed by atoms with Gasteiger partial charge in [-0.1, -0.05) is 32.9 Å². The second kappa shape index (κ2) is 5.41. The van der Waals surface area contributed by atoms with E-state index in [0.717, 1.165) is 33.3 Å². The number of hydrogen-bond acceptors (Lipinski definition) is 3. The van der Waals surface area contributed by atoms with Crippen LogP contribution >= 0.6 is 0 Å². The van der Waals surface area contributed by atoms with Crippen LogP contribution in [0.5, 0.6) is 0 Å². The molecule has 0 atom stereocenters. The van der Waals surface area contributed by atoms with Crippen LogP contribution in [0.3, 0.4) is 0 Å². The van der Waals surface area contributed by atoms with Crippen molar-refractivity contribution in [3.05, 3.63) is 59.4 Å². The predicted molar refractivity (Wildman–Crippen MR) is 103 cm³/mol. The number of fused-ring (bicyclic) bond motifs is 3. The summed E-state index contributed by atoms with van der Waals surface area (Å²) in [6.07, 6.45) is 1.96. The Morgan fingerprint density at radius 3 is 2.52 bits per heavy atom. The maximum absolute atomic E-state index is 6.12. The summed E-state index contributed by atoms with van der Waals surface area (Å²) in [6.45, 7) is 10.8. The molecule has 0 spiro atoms. The van der Waals surface area contributed by atoms with Crippen molar-refractivity contribution >= 4 is 22.1 Å². The van der Waals surface area contributed by atoms with Crippen LogP contribution in [0.1, 0.15) is 37.6 Å². The van der Waals surface area contributed by atoms with Crippen LogP contribution < -0.4 is 0 Å². The van der Waals surface area contributed by atoms with Crippen molar-refractivity contribution in [2.45, 2.75) is 40.0 Å². The molecule has 0 aliphatic heterocycles. The number of aromatic nitrogens is 2. The van der Waals surface area contributed by atoms with Crippen LogP contribution in [-0.2, 0) is 5.41 Å². The van der Waals surface area contributed by atoms with Gasteiger partial charge in [0, 0.05) is 28.2 Å². The molecule has 4 rings (SSSR count). The Kier molecular flexibility index (Phi) is 3.43. The molecule has 3 heterocycles. The molecule has 4 aromatic rings. The fraction of sp³-hybridized carbons (Fsp3) is 0.273. The number of benzene rings is 1. The van der Waals surface area contributed by atoms with E-state index in [2.05, 4.69) is 68.0 Å². The quantitative estimate of drug-likeness (QED) is 0.432. The van der Waals surface area contributed by atoms with E-state index in [1.807, 2.05) is 19.2 Å². The molecule has 3 heteroatoms. The van der Waals surface area contributed by atoms with Crippen molar-refractivity contribution in [3.8, 4) is 11.3 Å². The van der Waals surface area contributed by atoms with Crippen LogP contribution in [-0.4, -0.2) is 9.97 Å². The van der Waals surface area contributed by atoms with E-state index in [0.29, 0.717) is 5.71 Å². The van der Waals surface area contributed by atoms with Gasteiger partial charge in [0.05, 0.1) is 5.69 Å². The topological polar surface area (TPSA) is 38.9 Å². The number of rotatable bonds is 1. The lowest BCUT2D eigenvalue weighted by Crippen LogP contribution is -2.13. The highest BCUT2D eigenvalue weighted by Crippen LogP contribution is 2.36. The average Bonchev–Trinajstić information content (AvgIpc) is 2.91. The molecular formula is C22H22N2O. The van der Waals surface area contributed by atoms with E-state index >= 15 is 0 Å². The van der Waals surface area contributed by atoms with E-state index in [9.17, 15) is 0 Å². The second-order valence-electron chi connectivity index (χ2n) is 7.72. The fourth-order valence-electron chi connectivity index (χ4n) is 3.45. The molecule has 0 bridgehead atoms. The Labute approximate surface area is 147 Å². The van der Waals surface area contributed by atoms with Crippen molar-refractivity contribution < 1.29 is 4.42 Å². The first-order chi connectivity index (χ1) is 11.8. The van der Waals surface area contributed by atoms with E-state index < -0.39 is 0 Å². The Balaban J connectivity index is 2.00. The molecule has 0 fully saturated rings. The lowest BCUT2D eigenvalue weighted by molar-refractivity contribution is 0.585. The maximum atomic E-state index is 6.12. The number of hydrogen-bond donors (Lipinski definition) is 0. The molecule has 0 unspecified atom stereocenters. The van der Waals surface area contributed by atoms with Gasteiger partial charge in [0.25, 0.3) is 0 Å². The lowest BCUT2D eigenvalue weighted by atomic mass is 9.84. The molecule has 0 saturated carbocycles. The molecule has 0 saturated heterocycles. The summed E-state index contributed by atoms with van der Waals surface area (Å²) in [5.41, 5.74) is 7.04. The van der Waals surface area contributed by atoms with Gasteiger partial charge in [0.15, 0.2) is 0 Å². The largest absolute Gasteiger partial charge is 0.437 e. The van der Waals surface area contributed by atoms with Gasteiger partial charge in [-0.25, -0.2) is 4.98 Å². The van der Waals surface area contributed by atoms with Crippen molar-refractivity contribution in [1.29, 1.82) is 0 Å². The van der Waals surface area contributed by atoms with Gasteiger partial charge in [-0.3, -0.25) is 4.98 Å². The summed E-state index contributed by atoms with van der Waals surface area (Å²) in [6, 6.07) is 12.5. The van der Waals surface area contributed by atoms with Crippen LogP contribution in [0, 0.1) is 13.8 Å². The summed E-state index contributed by atoms with van der Waals surface area (Å²) < 4.78 is 6.12. The molecule has 0 N–H and O–H groups in total. The number of aryl methyl sites for hydroxylation is 2. The second-order valence-corrected chi connectivity index (χ2v) is 7.72. The Hall–Kier alpha value is -2.68. The molecule has 3 aromatic heterocycles. The van der Waals surface area contributed by atoms with E-state index in [-0.39, 0.29) is 5.41 Å². The molecule has 126 valence electrons. The third kappa shape index (κ3) is 2.60. The zero-order valence-electron chi connectivity index (χ0n) is 15.3. The Morgan fingerprint density at radius 2 is 1.76 bits per heavy atom. The van der Waals surface area contributed by atoms with E-state index in [1.54, 1.807) is 0 Å².